The van der Waals surface area contributed by atoms with Gasteiger partial charge < -0.3 is 14.9 Å². The van der Waals surface area contributed by atoms with E-state index in [1.807, 2.05) is 16.2 Å². The monoisotopic (exact) mass is 747 g/mol. The van der Waals surface area contributed by atoms with Crippen LogP contribution in [0.2, 0.25) is 0 Å². The van der Waals surface area contributed by atoms with Gasteiger partial charge in [0, 0.05) is 0 Å². The van der Waals surface area contributed by atoms with Crippen LogP contribution in [0, 0.1) is 14.9 Å². The molecule has 4 saturated carbocycles. The van der Waals surface area contributed by atoms with E-state index in [9.17, 15) is 0 Å². The summed E-state index contributed by atoms with van der Waals surface area (Å²) in [6, 6.07) is 10.6. The van der Waals surface area contributed by atoms with Crippen LogP contribution >= 0.6 is 15.8 Å². The summed E-state index contributed by atoms with van der Waals surface area (Å²) in [7, 11) is 4.80. The topological polar surface area (TPSA) is 3.24 Å². The number of benzene rings is 1. The van der Waals surface area contributed by atoms with Gasteiger partial charge in [0.2, 0.25) is 0 Å². The Balaban J connectivity index is 0.000000748. The van der Waals surface area contributed by atoms with Gasteiger partial charge in [0.1, 0.15) is 0 Å². The summed E-state index contributed by atoms with van der Waals surface area (Å²) in [4.78, 5) is 2.67. The van der Waals surface area contributed by atoms with Crippen LogP contribution in [0.4, 0.5) is 0 Å². The minimum Gasteiger partial charge on any atom is -0.358 e. The Morgan fingerprint density at radius 3 is 1.37 bits per heavy atom. The van der Waals surface area contributed by atoms with Crippen molar-refractivity contribution in [2.75, 3.05) is 14.1 Å². The van der Waals surface area contributed by atoms with Gasteiger partial charge >= 0.3 is 17.1 Å². The number of nitrogens with zero attached hydrogens (tertiary/aromatic N) is 1. The van der Waals surface area contributed by atoms with E-state index in [1.54, 1.807) is 5.56 Å². The molecule has 0 aliphatic heterocycles. The molecule has 1 aromatic carbocycles. The smallest absolute Gasteiger partial charge is 0.358 e. The van der Waals surface area contributed by atoms with Crippen molar-refractivity contribution in [2.45, 2.75) is 196 Å². The number of allylic oxidation sites excluding steroid dienone is 3. The van der Waals surface area contributed by atoms with Gasteiger partial charge in [-0.1, -0.05) is 129 Å². The molecule has 7 rings (SSSR count). The quantitative estimate of drug-likeness (QED) is 0.105. The van der Waals surface area contributed by atoms with E-state index in [4.69, 9.17) is 0 Å². The van der Waals surface area contributed by atoms with Crippen molar-refractivity contribution < 1.29 is 17.1 Å². The molecule has 0 N–H and O–H groups in total. The fraction of sp³-hybridized carbons (Fsp3) is 0.733. The molecule has 6 aliphatic rings. The zero-order valence-corrected chi connectivity index (χ0v) is 35.3. The maximum absolute atomic E-state index is 2.67. The molecule has 4 fully saturated rings. The molecule has 0 bridgehead atoms. The van der Waals surface area contributed by atoms with Crippen LogP contribution < -0.4 is 5.30 Å². The first-order valence-corrected chi connectivity index (χ1v) is 23.4. The van der Waals surface area contributed by atoms with E-state index in [0.717, 1.165) is 22.6 Å². The second-order valence-electron chi connectivity index (χ2n) is 16.1. The predicted octanol–water partition coefficient (Wildman–Crippen LogP) is 14.3. The van der Waals surface area contributed by atoms with Gasteiger partial charge in [-0.2, -0.15) is 0 Å². The van der Waals surface area contributed by atoms with E-state index >= 15 is 0 Å². The number of likely N-dealkylation sites (N-methyl/N-ethyl adjacent to an activating group) is 1. The van der Waals surface area contributed by atoms with Crippen LogP contribution in [0.1, 0.15) is 179 Å². The number of hydrogen-bond acceptors (Lipinski definition) is 1. The molecule has 1 nitrogen and oxygen atoms in total. The van der Waals surface area contributed by atoms with Gasteiger partial charge in [-0.3, -0.25) is 4.90 Å². The van der Waals surface area contributed by atoms with Crippen LogP contribution in [-0.2, 0) is 17.1 Å². The minimum atomic E-state index is -0.0823. The molecule has 49 heavy (non-hydrogen) atoms. The van der Waals surface area contributed by atoms with Crippen LogP contribution in [0.5, 0.6) is 0 Å². The van der Waals surface area contributed by atoms with Gasteiger partial charge in [-0.25, -0.2) is 0 Å². The molecular formula is C45H75FeNP2. The van der Waals surface area contributed by atoms with E-state index in [1.165, 1.54) is 167 Å². The predicted molar refractivity (Wildman–Crippen MR) is 221 cm³/mol. The summed E-state index contributed by atoms with van der Waals surface area (Å²) in [5, 5.41) is 3.89. The van der Waals surface area contributed by atoms with E-state index < -0.39 is 0 Å². The van der Waals surface area contributed by atoms with Crippen LogP contribution in [0.3, 0.4) is 0 Å². The Bertz CT molecular complexity index is 1060. The van der Waals surface area contributed by atoms with E-state index in [0.29, 0.717) is 6.04 Å². The van der Waals surface area contributed by atoms with Crippen molar-refractivity contribution >= 4 is 21.1 Å². The molecule has 0 heterocycles. The van der Waals surface area contributed by atoms with Crippen molar-refractivity contribution in [3.8, 4) is 0 Å². The fourth-order valence-corrected chi connectivity index (χ4v) is 18.8. The Morgan fingerprint density at radius 2 is 0.959 bits per heavy atom. The van der Waals surface area contributed by atoms with Crippen molar-refractivity contribution in [1.29, 1.82) is 0 Å². The number of hydrogen-bond donors (Lipinski definition) is 0. The van der Waals surface area contributed by atoms with Crippen molar-refractivity contribution in [2.24, 2.45) is 0 Å². The first-order chi connectivity index (χ1) is 22.7. The van der Waals surface area contributed by atoms with Gasteiger partial charge in [0.25, 0.3) is 0 Å². The number of rotatable bonds is 9. The second-order valence-corrected chi connectivity index (χ2v) is 21.7. The molecule has 0 amide bonds. The van der Waals surface area contributed by atoms with Gasteiger partial charge in [0.05, 0.1) is 6.04 Å². The summed E-state index contributed by atoms with van der Waals surface area (Å²) in [5.41, 5.74) is 7.69. The largest absolute Gasteiger partial charge is 2.00 e. The molecule has 278 valence electrons. The summed E-state index contributed by atoms with van der Waals surface area (Å²) >= 11 is 0. The van der Waals surface area contributed by atoms with Crippen molar-refractivity contribution in [1.82, 2.24) is 4.90 Å². The molecule has 0 aromatic heterocycles. The maximum atomic E-state index is 2.67. The molecule has 0 radical (unpaired) electrons. The second kappa shape index (κ2) is 23.0. The normalized spacial score (nSPS) is 23.5. The van der Waals surface area contributed by atoms with Crippen LogP contribution in [0.25, 0.3) is 0 Å². The van der Waals surface area contributed by atoms with Gasteiger partial charge in [0.15, 0.2) is 0 Å². The molecule has 0 unspecified atom stereocenters. The molecule has 0 spiro atoms. The maximum Gasteiger partial charge on any atom is 2.00 e. The first kappa shape index (κ1) is 43.4. The van der Waals surface area contributed by atoms with E-state index in [2.05, 4.69) is 55.4 Å². The molecule has 1 atom stereocenters. The van der Waals surface area contributed by atoms with Gasteiger partial charge in [-0.05, 0) is 148 Å². The van der Waals surface area contributed by atoms with Gasteiger partial charge in [-0.15, -0.1) is 0 Å². The standard InChI is InChI=1S/C38H61NP2.C5H8.2CH3.Fe/c1-39(2)38(35-27-17-29-37(35)41(32-22-11-5-12-23-32)33-24-13-6-14-25-33)34-26-15-16-28-36(34)40(30-18-7-3-8-19-30)31-20-9-4-10-21-31;1-2-4-5-3-1;;;/h15-16,26,28,30-33,38H,3-14,17-25,27,29H2,1-2H3;1-2H,3-5H2;2*1H3;/q;;2*-1;+2/t38-;;;;/m1..../s1. The molecule has 4 heteroatoms. The SMILES string of the molecule is C1=CCCC1.CN(C)[C@@H](C1=C(P(C2CCCCC2)C2CCCCC2)CCC1)c1ccccc1P(C1CCCCC1)C1CCCCC1.[CH3-].[CH3-].[Fe+2]. The Hall–Kier alpha value is 0.0395. The Kier molecular flexibility index (Phi) is 20.4. The summed E-state index contributed by atoms with van der Waals surface area (Å²) < 4.78 is 0. The first-order valence-electron chi connectivity index (χ1n) is 20.4. The molecule has 1 aromatic rings. The third-order valence-corrected chi connectivity index (χ3v) is 20.0. The third kappa shape index (κ3) is 11.5. The third-order valence-electron chi connectivity index (χ3n) is 12.7. The van der Waals surface area contributed by atoms with Crippen molar-refractivity contribution in [3.63, 3.8) is 0 Å². The average Bonchev–Trinajstić information content (AvgIpc) is 3.85. The van der Waals surface area contributed by atoms with Crippen LogP contribution in [-0.4, -0.2) is 41.6 Å². The summed E-state index contributed by atoms with van der Waals surface area (Å²) in [6.45, 7) is 0. The summed E-state index contributed by atoms with van der Waals surface area (Å²) in [6.07, 6.45) is 42.8. The zero-order chi connectivity index (χ0) is 31.6. The zero-order valence-electron chi connectivity index (χ0n) is 32.4. The van der Waals surface area contributed by atoms with E-state index in [-0.39, 0.29) is 47.8 Å². The Morgan fingerprint density at radius 1 is 0.531 bits per heavy atom. The molecule has 6 aliphatic carbocycles. The van der Waals surface area contributed by atoms with Crippen LogP contribution in [0.15, 0.2) is 47.3 Å². The minimum absolute atomic E-state index is 0. The Labute approximate surface area is 319 Å². The summed E-state index contributed by atoms with van der Waals surface area (Å²) in [5.74, 6) is 0. The molecular weight excluding hydrogens is 672 g/mol. The van der Waals surface area contributed by atoms with Crippen molar-refractivity contribution in [3.05, 3.63) is 67.7 Å². The fourth-order valence-electron chi connectivity index (χ4n) is 10.5. The average molecular weight is 748 g/mol. The molecule has 0 saturated heterocycles.